The molecule has 0 radical (unpaired) electrons. The molecule has 0 bridgehead atoms. The van der Waals surface area contributed by atoms with Crippen LogP contribution in [0, 0.1) is 0 Å². The highest BCUT2D eigenvalue weighted by Gasteiger charge is 2.22. The molecule has 0 unspecified atom stereocenters. The summed E-state index contributed by atoms with van der Waals surface area (Å²) in [7, 11) is 0. The number of nitrogens with zero attached hydrogens (tertiary/aromatic N) is 2. The number of nitrogens with one attached hydrogen (secondary N) is 1. The molecule has 2 aromatic heterocycles. The van der Waals surface area contributed by atoms with Crippen molar-refractivity contribution in [1.82, 2.24) is 14.8 Å². The van der Waals surface area contributed by atoms with Crippen molar-refractivity contribution < 1.29 is 0 Å². The first-order chi connectivity index (χ1) is 7.84. The van der Waals surface area contributed by atoms with Crippen molar-refractivity contribution in [2.45, 2.75) is 25.2 Å². The Morgan fingerprint density at radius 3 is 2.88 bits per heavy atom. The van der Waals surface area contributed by atoms with Crippen molar-refractivity contribution in [2.75, 3.05) is 0 Å². The maximum atomic E-state index is 11.8. The first kappa shape index (κ1) is 9.39. The van der Waals surface area contributed by atoms with E-state index in [1.165, 1.54) is 23.9 Å². The first-order valence-corrected chi connectivity index (χ1v) is 5.58. The van der Waals surface area contributed by atoms with Crippen molar-refractivity contribution in [2.24, 2.45) is 0 Å². The molecule has 2 aromatic rings. The van der Waals surface area contributed by atoms with Gasteiger partial charge in [0.1, 0.15) is 0 Å². The monoisotopic (exact) mass is 215 g/mol. The fraction of sp³-hybridized carbons (Fsp3) is 0.333. The molecule has 0 aliphatic heterocycles. The van der Waals surface area contributed by atoms with Crippen molar-refractivity contribution in [3.05, 3.63) is 46.5 Å². The Morgan fingerprint density at radius 2 is 2.25 bits per heavy atom. The molecule has 1 aliphatic carbocycles. The van der Waals surface area contributed by atoms with Crippen LogP contribution >= 0.6 is 0 Å². The second-order valence-corrected chi connectivity index (χ2v) is 4.20. The van der Waals surface area contributed by atoms with E-state index in [-0.39, 0.29) is 5.56 Å². The quantitative estimate of drug-likeness (QED) is 0.830. The minimum Gasteiger partial charge on any atom is -0.293 e. The molecule has 0 atom stereocenters. The minimum absolute atomic E-state index is 0.0272. The van der Waals surface area contributed by atoms with E-state index in [9.17, 15) is 4.79 Å². The predicted octanol–water partition coefficient (Wildman–Crippen LogP) is 1.83. The summed E-state index contributed by atoms with van der Waals surface area (Å²) in [6.07, 6.45) is 5.32. The van der Waals surface area contributed by atoms with E-state index in [0.717, 1.165) is 5.69 Å². The SMILES string of the molecule is O=c1cc(C2CCC2)[nH]n1-c1ccccn1. The molecular formula is C12H13N3O. The van der Waals surface area contributed by atoms with Gasteiger partial charge in [-0.15, -0.1) is 0 Å². The average molecular weight is 215 g/mol. The largest absolute Gasteiger partial charge is 0.293 e. The Labute approximate surface area is 92.9 Å². The summed E-state index contributed by atoms with van der Waals surface area (Å²) in [5.41, 5.74) is 1.02. The first-order valence-electron chi connectivity index (χ1n) is 5.58. The Kier molecular flexibility index (Phi) is 2.13. The van der Waals surface area contributed by atoms with Gasteiger partial charge in [-0.25, -0.2) is 9.67 Å². The summed E-state index contributed by atoms with van der Waals surface area (Å²) in [5, 5.41) is 3.14. The van der Waals surface area contributed by atoms with E-state index in [1.807, 2.05) is 18.2 Å². The van der Waals surface area contributed by atoms with Gasteiger partial charge in [-0.3, -0.25) is 9.89 Å². The molecule has 2 heterocycles. The van der Waals surface area contributed by atoms with Gasteiger partial charge in [0.15, 0.2) is 5.82 Å². The lowest BCUT2D eigenvalue weighted by Crippen LogP contribution is -2.14. The Balaban J connectivity index is 2.02. The maximum Gasteiger partial charge on any atom is 0.272 e. The zero-order chi connectivity index (χ0) is 11.0. The minimum atomic E-state index is -0.0272. The van der Waals surface area contributed by atoms with Gasteiger partial charge in [-0.05, 0) is 25.0 Å². The Bertz CT molecular complexity index is 537. The van der Waals surface area contributed by atoms with Gasteiger partial charge in [0.05, 0.1) is 0 Å². The Morgan fingerprint density at radius 1 is 1.38 bits per heavy atom. The van der Waals surface area contributed by atoms with E-state index >= 15 is 0 Å². The number of hydrogen-bond donors (Lipinski definition) is 1. The normalized spacial score (nSPS) is 16.0. The van der Waals surface area contributed by atoms with E-state index in [4.69, 9.17) is 0 Å². The summed E-state index contributed by atoms with van der Waals surface area (Å²) < 4.78 is 1.51. The van der Waals surface area contributed by atoms with Crippen molar-refractivity contribution >= 4 is 0 Å². The molecule has 0 aromatic carbocycles. The van der Waals surface area contributed by atoms with Crippen molar-refractivity contribution in [3.63, 3.8) is 0 Å². The van der Waals surface area contributed by atoms with Crippen LogP contribution in [0.1, 0.15) is 30.9 Å². The fourth-order valence-electron chi connectivity index (χ4n) is 2.00. The molecular weight excluding hydrogens is 202 g/mol. The third-order valence-electron chi connectivity index (χ3n) is 3.16. The summed E-state index contributed by atoms with van der Waals surface area (Å²) in [6, 6.07) is 7.23. The molecule has 0 saturated heterocycles. The van der Waals surface area contributed by atoms with E-state index in [0.29, 0.717) is 11.7 Å². The van der Waals surface area contributed by atoms with Gasteiger partial charge in [0.2, 0.25) is 0 Å². The van der Waals surface area contributed by atoms with E-state index in [1.54, 1.807) is 12.3 Å². The number of rotatable bonds is 2. The number of H-pyrrole nitrogens is 1. The second kappa shape index (κ2) is 3.63. The third kappa shape index (κ3) is 1.46. The summed E-state index contributed by atoms with van der Waals surface area (Å²) in [5.74, 6) is 1.19. The van der Waals surface area contributed by atoms with Crippen LogP contribution in [0.3, 0.4) is 0 Å². The predicted molar refractivity (Wildman–Crippen MR) is 60.8 cm³/mol. The van der Waals surface area contributed by atoms with Crippen LogP contribution in [0.25, 0.3) is 5.82 Å². The lowest BCUT2D eigenvalue weighted by molar-refractivity contribution is 0.409. The van der Waals surface area contributed by atoms with Gasteiger partial charge in [0.25, 0.3) is 5.56 Å². The molecule has 0 amide bonds. The topological polar surface area (TPSA) is 50.7 Å². The van der Waals surface area contributed by atoms with E-state index < -0.39 is 0 Å². The number of hydrogen-bond acceptors (Lipinski definition) is 2. The summed E-state index contributed by atoms with van der Waals surface area (Å²) in [4.78, 5) is 15.9. The van der Waals surface area contributed by atoms with Crippen LogP contribution in [-0.2, 0) is 0 Å². The molecule has 1 aliphatic rings. The average Bonchev–Trinajstić information content (AvgIpc) is 2.59. The number of aromatic amines is 1. The molecule has 1 N–H and O–H groups in total. The van der Waals surface area contributed by atoms with Gasteiger partial charge in [-0.1, -0.05) is 12.5 Å². The highest BCUT2D eigenvalue weighted by Crippen LogP contribution is 2.34. The molecule has 82 valence electrons. The molecule has 3 rings (SSSR count). The molecule has 1 fully saturated rings. The van der Waals surface area contributed by atoms with Gasteiger partial charge in [-0.2, -0.15) is 0 Å². The van der Waals surface area contributed by atoms with Crippen LogP contribution in [0.2, 0.25) is 0 Å². The van der Waals surface area contributed by atoms with E-state index in [2.05, 4.69) is 10.1 Å². The molecule has 4 nitrogen and oxygen atoms in total. The summed E-state index contributed by atoms with van der Waals surface area (Å²) in [6.45, 7) is 0. The zero-order valence-electron chi connectivity index (χ0n) is 8.89. The lowest BCUT2D eigenvalue weighted by Gasteiger charge is -2.23. The number of aromatic nitrogens is 3. The number of pyridine rings is 1. The zero-order valence-corrected chi connectivity index (χ0v) is 8.89. The molecule has 0 spiro atoms. The lowest BCUT2D eigenvalue weighted by atomic mass is 9.83. The summed E-state index contributed by atoms with van der Waals surface area (Å²) >= 11 is 0. The van der Waals surface area contributed by atoms with Gasteiger partial charge in [0, 0.05) is 23.9 Å². The maximum absolute atomic E-state index is 11.8. The standard InChI is InChI=1S/C12H13N3O/c16-12-8-10(9-4-3-5-9)14-15(12)11-6-1-2-7-13-11/h1-2,6-9,14H,3-5H2. The van der Waals surface area contributed by atoms with Crippen LogP contribution < -0.4 is 5.56 Å². The highest BCUT2D eigenvalue weighted by molar-refractivity contribution is 5.22. The van der Waals surface area contributed by atoms with Crippen LogP contribution in [0.15, 0.2) is 35.3 Å². The van der Waals surface area contributed by atoms with Crippen molar-refractivity contribution in [3.8, 4) is 5.82 Å². The second-order valence-electron chi connectivity index (χ2n) is 4.20. The van der Waals surface area contributed by atoms with Crippen LogP contribution in [0.4, 0.5) is 0 Å². The molecule has 16 heavy (non-hydrogen) atoms. The molecule has 1 saturated carbocycles. The highest BCUT2D eigenvalue weighted by atomic mass is 16.1. The van der Waals surface area contributed by atoms with Crippen LogP contribution in [-0.4, -0.2) is 14.8 Å². The fourth-order valence-corrected chi connectivity index (χ4v) is 2.00. The molecule has 4 heteroatoms. The Hall–Kier alpha value is -1.84. The smallest absolute Gasteiger partial charge is 0.272 e. The van der Waals surface area contributed by atoms with Crippen molar-refractivity contribution in [1.29, 1.82) is 0 Å². The van der Waals surface area contributed by atoms with Gasteiger partial charge >= 0.3 is 0 Å². The third-order valence-corrected chi connectivity index (χ3v) is 3.16. The van der Waals surface area contributed by atoms with Gasteiger partial charge < -0.3 is 0 Å². The van der Waals surface area contributed by atoms with Crippen LogP contribution in [0.5, 0.6) is 0 Å².